The first-order valence-electron chi connectivity index (χ1n) is 5.07. The van der Waals surface area contributed by atoms with Gasteiger partial charge >= 0.3 is 0 Å². The SMILES string of the molecule is COc1cc(C(C)C)c(/C(C)=N/O)cc1Cl. The van der Waals surface area contributed by atoms with Crippen LogP contribution in [-0.2, 0) is 0 Å². The molecule has 0 aromatic heterocycles. The van der Waals surface area contributed by atoms with Gasteiger partial charge in [-0.3, -0.25) is 0 Å². The summed E-state index contributed by atoms with van der Waals surface area (Å²) in [7, 11) is 1.58. The van der Waals surface area contributed by atoms with Crippen LogP contribution in [0.3, 0.4) is 0 Å². The molecule has 1 N–H and O–H groups in total. The first kappa shape index (κ1) is 12.8. The van der Waals surface area contributed by atoms with Crippen LogP contribution in [0.1, 0.15) is 37.8 Å². The first-order chi connectivity index (χ1) is 7.51. The summed E-state index contributed by atoms with van der Waals surface area (Å²) in [4.78, 5) is 0. The third kappa shape index (κ3) is 2.47. The maximum atomic E-state index is 8.83. The van der Waals surface area contributed by atoms with E-state index in [2.05, 4.69) is 19.0 Å². The van der Waals surface area contributed by atoms with Crippen molar-refractivity contribution in [3.63, 3.8) is 0 Å². The Morgan fingerprint density at radius 1 is 1.44 bits per heavy atom. The Morgan fingerprint density at radius 3 is 2.50 bits per heavy atom. The van der Waals surface area contributed by atoms with Crippen molar-refractivity contribution < 1.29 is 9.94 Å². The van der Waals surface area contributed by atoms with E-state index in [0.717, 1.165) is 11.1 Å². The van der Waals surface area contributed by atoms with Crippen molar-refractivity contribution in [2.45, 2.75) is 26.7 Å². The molecule has 0 unspecified atom stereocenters. The highest BCUT2D eigenvalue weighted by molar-refractivity contribution is 6.32. The van der Waals surface area contributed by atoms with E-state index in [0.29, 0.717) is 22.4 Å². The average Bonchev–Trinajstić information content (AvgIpc) is 2.27. The second-order valence-electron chi connectivity index (χ2n) is 3.91. The Hall–Kier alpha value is -1.22. The fourth-order valence-corrected chi connectivity index (χ4v) is 1.81. The second kappa shape index (κ2) is 5.21. The molecule has 0 spiro atoms. The van der Waals surface area contributed by atoms with E-state index in [4.69, 9.17) is 21.5 Å². The van der Waals surface area contributed by atoms with Crippen LogP contribution < -0.4 is 4.74 Å². The van der Waals surface area contributed by atoms with Gasteiger partial charge in [0.2, 0.25) is 0 Å². The molecule has 0 aliphatic heterocycles. The van der Waals surface area contributed by atoms with Gasteiger partial charge in [0.05, 0.1) is 17.8 Å². The number of oxime groups is 1. The second-order valence-corrected chi connectivity index (χ2v) is 4.32. The minimum Gasteiger partial charge on any atom is -0.495 e. The number of benzene rings is 1. The van der Waals surface area contributed by atoms with Crippen LogP contribution in [-0.4, -0.2) is 18.0 Å². The molecular formula is C12H16ClNO2. The summed E-state index contributed by atoms with van der Waals surface area (Å²) < 4.78 is 5.17. The number of hydrogen-bond donors (Lipinski definition) is 1. The minimum atomic E-state index is 0.304. The fourth-order valence-electron chi connectivity index (χ4n) is 1.57. The molecule has 0 bridgehead atoms. The van der Waals surface area contributed by atoms with Crippen LogP contribution in [0.2, 0.25) is 5.02 Å². The lowest BCUT2D eigenvalue weighted by Gasteiger charge is -2.14. The smallest absolute Gasteiger partial charge is 0.137 e. The van der Waals surface area contributed by atoms with E-state index < -0.39 is 0 Å². The molecule has 1 rings (SSSR count). The number of rotatable bonds is 3. The summed E-state index contributed by atoms with van der Waals surface area (Å²) in [6.45, 7) is 5.87. The van der Waals surface area contributed by atoms with Gasteiger partial charge in [0, 0.05) is 5.56 Å². The monoisotopic (exact) mass is 241 g/mol. The molecule has 16 heavy (non-hydrogen) atoms. The van der Waals surface area contributed by atoms with Gasteiger partial charge in [-0.15, -0.1) is 0 Å². The van der Waals surface area contributed by atoms with Crippen LogP contribution in [0.4, 0.5) is 0 Å². The molecule has 4 heteroatoms. The van der Waals surface area contributed by atoms with Gasteiger partial charge in [-0.1, -0.05) is 30.6 Å². The summed E-state index contributed by atoms with van der Waals surface area (Å²) >= 11 is 6.05. The topological polar surface area (TPSA) is 41.8 Å². The fraction of sp³-hybridized carbons (Fsp3) is 0.417. The normalized spacial score (nSPS) is 12.0. The molecule has 0 radical (unpaired) electrons. The average molecular weight is 242 g/mol. The van der Waals surface area contributed by atoms with Crippen molar-refractivity contribution in [3.8, 4) is 5.75 Å². The molecule has 1 aromatic carbocycles. The van der Waals surface area contributed by atoms with Gasteiger partial charge in [-0.2, -0.15) is 0 Å². The largest absolute Gasteiger partial charge is 0.495 e. The van der Waals surface area contributed by atoms with E-state index >= 15 is 0 Å². The molecule has 1 aromatic rings. The molecule has 88 valence electrons. The molecule has 0 saturated heterocycles. The molecule has 0 saturated carbocycles. The third-order valence-electron chi connectivity index (χ3n) is 2.49. The van der Waals surface area contributed by atoms with Crippen molar-refractivity contribution in [3.05, 3.63) is 28.3 Å². The standard InChI is InChI=1S/C12H16ClNO2/c1-7(2)9-6-12(16-4)11(13)5-10(9)8(3)14-15/h5-7,15H,1-4H3/b14-8+. The van der Waals surface area contributed by atoms with E-state index in [1.807, 2.05) is 6.07 Å². The van der Waals surface area contributed by atoms with Crippen molar-refractivity contribution >= 4 is 17.3 Å². The molecule has 3 nitrogen and oxygen atoms in total. The Bertz CT molecular complexity index is 414. The zero-order valence-electron chi connectivity index (χ0n) is 9.91. The summed E-state index contributed by atoms with van der Waals surface area (Å²) in [5.41, 5.74) is 2.45. The number of ether oxygens (including phenoxy) is 1. The van der Waals surface area contributed by atoms with Gasteiger partial charge in [0.1, 0.15) is 5.75 Å². The highest BCUT2D eigenvalue weighted by atomic mass is 35.5. The highest BCUT2D eigenvalue weighted by Crippen LogP contribution is 2.32. The number of halogens is 1. The zero-order valence-corrected chi connectivity index (χ0v) is 10.7. The maximum Gasteiger partial charge on any atom is 0.137 e. The van der Waals surface area contributed by atoms with Crippen LogP contribution in [0.25, 0.3) is 0 Å². The quantitative estimate of drug-likeness (QED) is 0.498. The molecule has 0 aliphatic carbocycles. The Kier molecular flexibility index (Phi) is 4.19. The van der Waals surface area contributed by atoms with E-state index in [9.17, 15) is 0 Å². The number of methoxy groups -OCH3 is 1. The predicted molar refractivity (Wildman–Crippen MR) is 66.1 cm³/mol. The number of nitrogens with zero attached hydrogens (tertiary/aromatic N) is 1. The molecule has 0 atom stereocenters. The Balaban J connectivity index is 3.42. The van der Waals surface area contributed by atoms with Gasteiger partial charge < -0.3 is 9.94 Å². The van der Waals surface area contributed by atoms with Crippen molar-refractivity contribution in [1.29, 1.82) is 0 Å². The van der Waals surface area contributed by atoms with Gasteiger partial charge in [0.15, 0.2) is 0 Å². The molecule has 0 aliphatic rings. The van der Waals surface area contributed by atoms with Gasteiger partial charge in [-0.25, -0.2) is 0 Å². The zero-order chi connectivity index (χ0) is 12.3. The van der Waals surface area contributed by atoms with E-state index in [-0.39, 0.29) is 0 Å². The van der Waals surface area contributed by atoms with Gasteiger partial charge in [-0.05, 0) is 30.5 Å². The Labute approximate surface area is 101 Å². The summed E-state index contributed by atoms with van der Waals surface area (Å²) in [6.07, 6.45) is 0. The van der Waals surface area contributed by atoms with Crippen LogP contribution >= 0.6 is 11.6 Å². The highest BCUT2D eigenvalue weighted by Gasteiger charge is 2.14. The van der Waals surface area contributed by atoms with E-state index in [1.54, 1.807) is 20.1 Å². The first-order valence-corrected chi connectivity index (χ1v) is 5.45. The predicted octanol–water partition coefficient (Wildman–Crippen LogP) is 3.67. The Morgan fingerprint density at radius 2 is 2.06 bits per heavy atom. The van der Waals surface area contributed by atoms with E-state index in [1.165, 1.54) is 0 Å². The summed E-state index contributed by atoms with van der Waals surface area (Å²) in [5, 5.41) is 12.6. The van der Waals surface area contributed by atoms with Crippen LogP contribution in [0.5, 0.6) is 5.75 Å². The van der Waals surface area contributed by atoms with Crippen molar-refractivity contribution in [1.82, 2.24) is 0 Å². The lowest BCUT2D eigenvalue weighted by Crippen LogP contribution is -2.03. The van der Waals surface area contributed by atoms with Gasteiger partial charge in [0.25, 0.3) is 0 Å². The molecule has 0 heterocycles. The number of hydrogen-bond acceptors (Lipinski definition) is 3. The molecule has 0 fully saturated rings. The minimum absolute atomic E-state index is 0.304. The lowest BCUT2D eigenvalue weighted by molar-refractivity contribution is 0.319. The summed E-state index contributed by atoms with van der Waals surface area (Å²) in [5.74, 6) is 0.942. The summed E-state index contributed by atoms with van der Waals surface area (Å²) in [6, 6.07) is 3.65. The lowest BCUT2D eigenvalue weighted by atomic mass is 9.94. The van der Waals surface area contributed by atoms with Crippen molar-refractivity contribution in [2.75, 3.05) is 7.11 Å². The molecule has 0 amide bonds. The molecular weight excluding hydrogens is 226 g/mol. The van der Waals surface area contributed by atoms with Crippen molar-refractivity contribution in [2.24, 2.45) is 5.16 Å². The van der Waals surface area contributed by atoms with Crippen LogP contribution in [0, 0.1) is 0 Å². The van der Waals surface area contributed by atoms with Crippen LogP contribution in [0.15, 0.2) is 17.3 Å². The third-order valence-corrected chi connectivity index (χ3v) is 2.78. The maximum absolute atomic E-state index is 8.83.